The van der Waals surface area contributed by atoms with Crippen LogP contribution < -0.4 is 9.46 Å². The van der Waals surface area contributed by atoms with Gasteiger partial charge in [-0.2, -0.15) is 0 Å². The van der Waals surface area contributed by atoms with Crippen molar-refractivity contribution < 1.29 is 13.2 Å². The molecular weight excluding hydrogens is 290 g/mol. The third-order valence-electron chi connectivity index (χ3n) is 3.11. The third-order valence-corrected chi connectivity index (χ3v) is 4.73. The molecular formula is C14H19N3O3S. The van der Waals surface area contributed by atoms with Gasteiger partial charge in [0.15, 0.2) is 0 Å². The summed E-state index contributed by atoms with van der Waals surface area (Å²) in [5.41, 5.74) is 1.56. The molecule has 0 unspecified atom stereocenters. The maximum atomic E-state index is 12.3. The molecule has 0 bridgehead atoms. The van der Waals surface area contributed by atoms with E-state index in [-0.39, 0.29) is 4.90 Å². The van der Waals surface area contributed by atoms with Crippen molar-refractivity contribution in [1.82, 2.24) is 14.7 Å². The van der Waals surface area contributed by atoms with E-state index < -0.39 is 10.0 Å². The molecule has 0 aliphatic heterocycles. The molecule has 0 aliphatic carbocycles. The van der Waals surface area contributed by atoms with Crippen molar-refractivity contribution in [3.8, 4) is 5.75 Å². The van der Waals surface area contributed by atoms with Gasteiger partial charge in [-0.05, 0) is 37.6 Å². The van der Waals surface area contributed by atoms with E-state index in [1.807, 2.05) is 6.92 Å². The van der Waals surface area contributed by atoms with Crippen molar-refractivity contribution in [2.45, 2.75) is 25.2 Å². The van der Waals surface area contributed by atoms with E-state index in [9.17, 15) is 8.42 Å². The second-order valence-corrected chi connectivity index (χ2v) is 6.51. The molecule has 0 amide bonds. The van der Waals surface area contributed by atoms with E-state index >= 15 is 0 Å². The minimum atomic E-state index is -3.52. The molecule has 2 rings (SSSR count). The van der Waals surface area contributed by atoms with Crippen LogP contribution in [0.2, 0.25) is 0 Å². The monoisotopic (exact) mass is 309 g/mol. The number of aryl methyl sites for hydroxylation is 2. The molecule has 1 heterocycles. The zero-order valence-corrected chi connectivity index (χ0v) is 13.1. The number of nitrogens with zero attached hydrogens (tertiary/aromatic N) is 1. The first-order chi connectivity index (χ1) is 9.92. The molecule has 0 saturated heterocycles. The summed E-state index contributed by atoms with van der Waals surface area (Å²) >= 11 is 0. The Labute approximate surface area is 124 Å². The molecule has 0 radical (unpaired) electrons. The van der Waals surface area contributed by atoms with Crippen LogP contribution in [-0.2, 0) is 16.4 Å². The van der Waals surface area contributed by atoms with Gasteiger partial charge in [0.05, 0.1) is 12.0 Å². The summed E-state index contributed by atoms with van der Waals surface area (Å²) in [5, 5.41) is 0. The topological polar surface area (TPSA) is 84.1 Å². The second-order valence-electron chi connectivity index (χ2n) is 4.77. The van der Waals surface area contributed by atoms with Crippen LogP contribution in [0, 0.1) is 13.8 Å². The van der Waals surface area contributed by atoms with Crippen molar-refractivity contribution >= 4 is 10.0 Å². The first-order valence-electron chi connectivity index (χ1n) is 6.57. The molecule has 1 aromatic carbocycles. The number of H-pyrrole nitrogens is 1. The Bertz CT molecular complexity index is 723. The van der Waals surface area contributed by atoms with E-state index in [4.69, 9.17) is 4.74 Å². The maximum Gasteiger partial charge on any atom is 0.240 e. The number of rotatable bonds is 6. The van der Waals surface area contributed by atoms with Crippen LogP contribution in [0.5, 0.6) is 5.75 Å². The van der Waals surface area contributed by atoms with Crippen molar-refractivity contribution in [2.24, 2.45) is 0 Å². The van der Waals surface area contributed by atoms with E-state index in [1.165, 1.54) is 0 Å². The summed E-state index contributed by atoms with van der Waals surface area (Å²) in [4.78, 5) is 7.41. The van der Waals surface area contributed by atoms with Gasteiger partial charge in [-0.15, -0.1) is 0 Å². The summed E-state index contributed by atoms with van der Waals surface area (Å²) in [7, 11) is -1.97. The first-order valence-corrected chi connectivity index (χ1v) is 8.05. The molecule has 2 aromatic rings. The lowest BCUT2D eigenvalue weighted by atomic mass is 10.2. The number of imidazole rings is 1. The van der Waals surface area contributed by atoms with Gasteiger partial charge in [0.2, 0.25) is 10.0 Å². The Balaban J connectivity index is 2.04. The van der Waals surface area contributed by atoms with E-state index in [0.29, 0.717) is 24.3 Å². The Hall–Kier alpha value is -1.86. The number of benzene rings is 1. The smallest absolute Gasteiger partial charge is 0.240 e. The van der Waals surface area contributed by atoms with Crippen LogP contribution in [0.3, 0.4) is 0 Å². The number of nitrogens with one attached hydrogen (secondary N) is 2. The average molecular weight is 309 g/mol. The highest BCUT2D eigenvalue weighted by Gasteiger charge is 2.16. The number of ether oxygens (including phenoxy) is 1. The summed E-state index contributed by atoms with van der Waals surface area (Å²) in [6, 6.07) is 4.89. The first kappa shape index (κ1) is 15.5. The lowest BCUT2D eigenvalue weighted by molar-refractivity contribution is 0.414. The molecule has 2 N–H and O–H groups in total. The van der Waals surface area contributed by atoms with Crippen LogP contribution in [0.1, 0.15) is 17.1 Å². The number of hydrogen-bond acceptors (Lipinski definition) is 4. The van der Waals surface area contributed by atoms with Crippen molar-refractivity contribution in [2.75, 3.05) is 13.7 Å². The Morgan fingerprint density at radius 2 is 2.10 bits per heavy atom. The number of sulfonamides is 1. The van der Waals surface area contributed by atoms with Gasteiger partial charge in [-0.3, -0.25) is 0 Å². The molecule has 0 spiro atoms. The predicted molar refractivity (Wildman–Crippen MR) is 79.9 cm³/mol. The lowest BCUT2D eigenvalue weighted by Gasteiger charge is -2.10. The molecule has 1 aromatic heterocycles. The Morgan fingerprint density at radius 3 is 2.67 bits per heavy atom. The molecule has 0 fully saturated rings. The zero-order chi connectivity index (χ0) is 15.5. The van der Waals surface area contributed by atoms with E-state index in [0.717, 1.165) is 11.5 Å². The van der Waals surface area contributed by atoms with Gasteiger partial charge in [0.25, 0.3) is 0 Å². The van der Waals surface area contributed by atoms with Gasteiger partial charge in [-0.25, -0.2) is 18.1 Å². The minimum absolute atomic E-state index is 0.268. The van der Waals surface area contributed by atoms with Crippen LogP contribution in [-0.4, -0.2) is 32.0 Å². The molecule has 0 aliphatic rings. The van der Waals surface area contributed by atoms with Crippen LogP contribution in [0.15, 0.2) is 29.3 Å². The summed E-state index contributed by atoms with van der Waals surface area (Å²) in [5.74, 6) is 1.46. The van der Waals surface area contributed by atoms with Gasteiger partial charge in [0.1, 0.15) is 11.6 Å². The highest BCUT2D eigenvalue weighted by Crippen LogP contribution is 2.20. The van der Waals surface area contributed by atoms with E-state index in [1.54, 1.807) is 38.4 Å². The summed E-state index contributed by atoms with van der Waals surface area (Å²) in [6.07, 6.45) is 2.28. The fourth-order valence-electron chi connectivity index (χ4n) is 2.05. The Kier molecular flexibility index (Phi) is 4.64. The molecule has 0 atom stereocenters. The van der Waals surface area contributed by atoms with Crippen molar-refractivity contribution in [1.29, 1.82) is 0 Å². The molecule has 0 saturated carbocycles. The molecule has 21 heavy (non-hydrogen) atoms. The largest absolute Gasteiger partial charge is 0.497 e. The third kappa shape index (κ3) is 3.83. The van der Waals surface area contributed by atoms with Crippen LogP contribution in [0.4, 0.5) is 0 Å². The summed E-state index contributed by atoms with van der Waals surface area (Å²) in [6.45, 7) is 3.92. The molecule has 114 valence electrons. The van der Waals surface area contributed by atoms with E-state index in [2.05, 4.69) is 14.7 Å². The number of hydrogen-bond donors (Lipinski definition) is 2. The standard InChI is InChI=1S/C14H19N3O3S/c1-10-8-13(20-3)4-5-14(10)21(18,19)16-7-6-12-9-15-11(2)17-12/h4-5,8-9,16H,6-7H2,1-3H3,(H,15,17). The lowest BCUT2D eigenvalue weighted by Crippen LogP contribution is -2.26. The Morgan fingerprint density at radius 1 is 1.33 bits per heavy atom. The van der Waals surface area contributed by atoms with Gasteiger partial charge >= 0.3 is 0 Å². The fraction of sp³-hybridized carbons (Fsp3) is 0.357. The molecule has 7 heteroatoms. The van der Waals surface area contributed by atoms with Gasteiger partial charge in [-0.1, -0.05) is 0 Å². The normalized spacial score (nSPS) is 11.6. The summed E-state index contributed by atoms with van der Waals surface area (Å²) < 4.78 is 32.2. The second kappa shape index (κ2) is 6.28. The zero-order valence-electron chi connectivity index (χ0n) is 12.3. The quantitative estimate of drug-likeness (QED) is 0.848. The molecule has 6 nitrogen and oxygen atoms in total. The number of methoxy groups -OCH3 is 1. The maximum absolute atomic E-state index is 12.3. The van der Waals surface area contributed by atoms with Crippen molar-refractivity contribution in [3.63, 3.8) is 0 Å². The highest BCUT2D eigenvalue weighted by molar-refractivity contribution is 7.89. The number of aromatic nitrogens is 2. The van der Waals surface area contributed by atoms with Crippen LogP contribution >= 0.6 is 0 Å². The highest BCUT2D eigenvalue weighted by atomic mass is 32.2. The minimum Gasteiger partial charge on any atom is -0.497 e. The SMILES string of the molecule is COc1ccc(S(=O)(=O)NCCc2cnc(C)[nH]2)c(C)c1. The van der Waals surface area contributed by atoms with Gasteiger partial charge in [0, 0.05) is 24.9 Å². The van der Waals surface area contributed by atoms with Gasteiger partial charge < -0.3 is 9.72 Å². The number of aromatic amines is 1. The van der Waals surface area contributed by atoms with Crippen molar-refractivity contribution in [3.05, 3.63) is 41.5 Å². The average Bonchev–Trinajstić information content (AvgIpc) is 2.83. The fourth-order valence-corrected chi connectivity index (χ4v) is 3.30. The van der Waals surface area contributed by atoms with Crippen LogP contribution in [0.25, 0.3) is 0 Å². The predicted octanol–water partition coefficient (Wildman–Crippen LogP) is 1.56.